The van der Waals surface area contributed by atoms with Crippen molar-refractivity contribution in [1.29, 1.82) is 0 Å². The van der Waals surface area contributed by atoms with Gasteiger partial charge in [0.1, 0.15) is 0 Å². The predicted octanol–water partition coefficient (Wildman–Crippen LogP) is 2.76. The maximum Gasteiger partial charge on any atom is 0.413 e. The lowest BCUT2D eigenvalue weighted by atomic mass is 9.93. The Labute approximate surface area is 95.3 Å². The smallest absolute Gasteiger partial charge is 0.413 e. The van der Waals surface area contributed by atoms with Crippen molar-refractivity contribution in [3.63, 3.8) is 0 Å². The van der Waals surface area contributed by atoms with E-state index in [0.29, 0.717) is 12.5 Å². The van der Waals surface area contributed by atoms with Crippen LogP contribution in [-0.4, -0.2) is 24.6 Å². The third-order valence-corrected chi connectivity index (χ3v) is 2.80. The van der Waals surface area contributed by atoms with Crippen LogP contribution in [0, 0.1) is 0 Å². The van der Waals surface area contributed by atoms with E-state index in [4.69, 9.17) is 4.74 Å². The molecule has 0 bridgehead atoms. The molecule has 16 heavy (non-hydrogen) atoms. The van der Waals surface area contributed by atoms with Gasteiger partial charge in [0.2, 0.25) is 0 Å². The Morgan fingerprint density at radius 2 is 2.12 bits per heavy atom. The molecule has 1 aliphatic rings. The number of nitrogens with zero attached hydrogens (tertiary/aromatic N) is 1. The number of benzene rings is 1. The van der Waals surface area contributed by atoms with E-state index in [1.165, 1.54) is 12.7 Å². The van der Waals surface area contributed by atoms with Gasteiger partial charge in [-0.15, -0.1) is 0 Å². The van der Waals surface area contributed by atoms with E-state index in [0.717, 1.165) is 6.42 Å². The molecular formula is C13H15NO2. The number of carbonyl (C=O) groups excluding carboxylic acids is 1. The van der Waals surface area contributed by atoms with Gasteiger partial charge in [-0.25, -0.2) is 4.79 Å². The van der Waals surface area contributed by atoms with Crippen LogP contribution in [0.4, 0.5) is 4.79 Å². The number of hydrogen-bond donors (Lipinski definition) is 0. The molecule has 0 radical (unpaired) electrons. The molecule has 1 atom stereocenters. The summed E-state index contributed by atoms with van der Waals surface area (Å²) in [5, 5.41) is 0. The summed E-state index contributed by atoms with van der Waals surface area (Å²) in [4.78, 5) is 13.0. The first-order valence-corrected chi connectivity index (χ1v) is 5.37. The Morgan fingerprint density at radius 3 is 2.81 bits per heavy atom. The zero-order chi connectivity index (χ0) is 11.4. The predicted molar refractivity (Wildman–Crippen MR) is 62.1 cm³/mol. The molecule has 0 aromatic heterocycles. The van der Waals surface area contributed by atoms with E-state index in [1.807, 2.05) is 24.3 Å². The van der Waals surface area contributed by atoms with Crippen molar-refractivity contribution in [2.24, 2.45) is 0 Å². The fraction of sp³-hybridized carbons (Fsp3) is 0.308. The summed E-state index contributed by atoms with van der Waals surface area (Å²) in [6.07, 6.45) is 4.48. The molecular weight excluding hydrogens is 202 g/mol. The maximum atomic E-state index is 11.4. The molecule has 3 heteroatoms. The minimum atomic E-state index is -0.295. The topological polar surface area (TPSA) is 29.5 Å². The van der Waals surface area contributed by atoms with Gasteiger partial charge in [0, 0.05) is 18.7 Å². The first kappa shape index (κ1) is 10.7. The van der Waals surface area contributed by atoms with Crippen molar-refractivity contribution in [3.05, 3.63) is 48.2 Å². The van der Waals surface area contributed by atoms with Gasteiger partial charge in [0.25, 0.3) is 0 Å². The van der Waals surface area contributed by atoms with Crippen LogP contribution in [0.15, 0.2) is 42.6 Å². The minimum absolute atomic E-state index is 0.295. The largest absolute Gasteiger partial charge is 0.452 e. The van der Waals surface area contributed by atoms with Gasteiger partial charge in [-0.1, -0.05) is 36.4 Å². The number of rotatable bonds is 1. The maximum absolute atomic E-state index is 11.4. The van der Waals surface area contributed by atoms with Gasteiger partial charge >= 0.3 is 6.09 Å². The molecule has 3 nitrogen and oxygen atoms in total. The molecule has 2 rings (SSSR count). The van der Waals surface area contributed by atoms with Gasteiger partial charge in [0.15, 0.2) is 0 Å². The highest BCUT2D eigenvalue weighted by Crippen LogP contribution is 2.25. The SMILES string of the molecule is COC(=O)N1C=CC[C@@H](c2ccccc2)C1. The second-order valence-corrected chi connectivity index (χ2v) is 3.85. The molecule has 1 aromatic carbocycles. The average Bonchev–Trinajstić information content (AvgIpc) is 2.39. The highest BCUT2D eigenvalue weighted by Gasteiger charge is 2.21. The molecule has 0 N–H and O–H groups in total. The number of methoxy groups -OCH3 is 1. The Hall–Kier alpha value is -1.77. The van der Waals surface area contributed by atoms with Crippen LogP contribution in [0.25, 0.3) is 0 Å². The van der Waals surface area contributed by atoms with E-state index in [1.54, 1.807) is 11.1 Å². The number of carbonyl (C=O) groups is 1. The van der Waals surface area contributed by atoms with Crippen molar-refractivity contribution in [1.82, 2.24) is 4.90 Å². The molecule has 0 saturated heterocycles. The fourth-order valence-corrected chi connectivity index (χ4v) is 1.94. The molecule has 1 heterocycles. The molecule has 0 aliphatic carbocycles. The second kappa shape index (κ2) is 4.84. The summed E-state index contributed by atoms with van der Waals surface area (Å²) < 4.78 is 4.71. The van der Waals surface area contributed by atoms with E-state index >= 15 is 0 Å². The van der Waals surface area contributed by atoms with Crippen molar-refractivity contribution in [2.75, 3.05) is 13.7 Å². The number of ether oxygens (including phenoxy) is 1. The monoisotopic (exact) mass is 217 g/mol. The van der Waals surface area contributed by atoms with Crippen molar-refractivity contribution >= 4 is 6.09 Å². The third kappa shape index (κ3) is 2.24. The van der Waals surface area contributed by atoms with Gasteiger partial charge in [-0.2, -0.15) is 0 Å². The third-order valence-electron chi connectivity index (χ3n) is 2.80. The lowest BCUT2D eigenvalue weighted by Crippen LogP contribution is -2.32. The Balaban J connectivity index is 2.10. The first-order chi connectivity index (χ1) is 7.81. The average molecular weight is 217 g/mol. The molecule has 84 valence electrons. The normalized spacial score (nSPS) is 19.6. The van der Waals surface area contributed by atoms with E-state index in [9.17, 15) is 4.79 Å². The highest BCUT2D eigenvalue weighted by atomic mass is 16.5. The molecule has 0 fully saturated rings. The van der Waals surface area contributed by atoms with Crippen LogP contribution in [-0.2, 0) is 4.74 Å². The van der Waals surface area contributed by atoms with Crippen molar-refractivity contribution in [2.45, 2.75) is 12.3 Å². The summed E-state index contributed by atoms with van der Waals surface area (Å²) in [5.41, 5.74) is 1.26. The quantitative estimate of drug-likeness (QED) is 0.724. The lowest BCUT2D eigenvalue weighted by Gasteiger charge is -2.27. The minimum Gasteiger partial charge on any atom is -0.452 e. The fourth-order valence-electron chi connectivity index (χ4n) is 1.94. The highest BCUT2D eigenvalue weighted by molar-refractivity contribution is 5.69. The summed E-state index contributed by atoms with van der Waals surface area (Å²) in [6, 6.07) is 10.2. The zero-order valence-corrected chi connectivity index (χ0v) is 9.30. The van der Waals surface area contributed by atoms with Gasteiger partial charge in [-0.05, 0) is 12.0 Å². The molecule has 0 spiro atoms. The zero-order valence-electron chi connectivity index (χ0n) is 9.30. The lowest BCUT2D eigenvalue weighted by molar-refractivity contribution is 0.136. The van der Waals surface area contributed by atoms with Crippen LogP contribution < -0.4 is 0 Å². The van der Waals surface area contributed by atoms with E-state index in [-0.39, 0.29) is 6.09 Å². The number of amides is 1. The van der Waals surface area contributed by atoms with Gasteiger partial charge < -0.3 is 4.74 Å². The van der Waals surface area contributed by atoms with Gasteiger partial charge in [-0.3, -0.25) is 4.90 Å². The summed E-state index contributed by atoms with van der Waals surface area (Å²) in [7, 11) is 1.41. The molecule has 0 unspecified atom stereocenters. The Bertz CT molecular complexity index is 386. The summed E-state index contributed by atoms with van der Waals surface area (Å²) in [5.74, 6) is 0.366. The van der Waals surface area contributed by atoms with E-state index in [2.05, 4.69) is 12.1 Å². The Morgan fingerprint density at radius 1 is 1.38 bits per heavy atom. The van der Waals surface area contributed by atoms with Crippen LogP contribution >= 0.6 is 0 Å². The summed E-state index contributed by atoms with van der Waals surface area (Å²) in [6.45, 7) is 0.688. The molecule has 1 amide bonds. The number of hydrogen-bond acceptors (Lipinski definition) is 2. The van der Waals surface area contributed by atoms with Crippen LogP contribution in [0.1, 0.15) is 17.9 Å². The van der Waals surface area contributed by atoms with Crippen molar-refractivity contribution in [3.8, 4) is 0 Å². The molecule has 1 aromatic rings. The van der Waals surface area contributed by atoms with Crippen LogP contribution in [0.3, 0.4) is 0 Å². The Kier molecular flexibility index (Phi) is 3.25. The second-order valence-electron chi connectivity index (χ2n) is 3.85. The summed E-state index contributed by atoms with van der Waals surface area (Å²) >= 11 is 0. The van der Waals surface area contributed by atoms with Crippen molar-refractivity contribution < 1.29 is 9.53 Å². The first-order valence-electron chi connectivity index (χ1n) is 5.37. The van der Waals surface area contributed by atoms with E-state index < -0.39 is 0 Å². The molecule has 0 saturated carbocycles. The van der Waals surface area contributed by atoms with Crippen LogP contribution in [0.5, 0.6) is 0 Å². The molecule has 1 aliphatic heterocycles. The van der Waals surface area contributed by atoms with Gasteiger partial charge in [0.05, 0.1) is 7.11 Å². The van der Waals surface area contributed by atoms with Crippen LogP contribution in [0.2, 0.25) is 0 Å². The standard InChI is InChI=1S/C13H15NO2/c1-16-13(15)14-9-5-8-12(10-14)11-6-3-2-4-7-11/h2-7,9,12H,8,10H2,1H3/t12-/m1/s1. The number of allylic oxidation sites excluding steroid dienone is 1.